The number of aliphatic hydroxyl groups is 1. The van der Waals surface area contributed by atoms with Crippen LogP contribution in [-0.4, -0.2) is 27.5 Å². The van der Waals surface area contributed by atoms with Gasteiger partial charge in [0.25, 0.3) is 0 Å². The summed E-state index contributed by atoms with van der Waals surface area (Å²) in [6.45, 7) is 3.73. The van der Waals surface area contributed by atoms with E-state index >= 15 is 0 Å². The standard InChI is InChI=1S/C16H18FN5O2/c1-10(2)22-9-12(7-18)15(21-22)20-16(24)19-8-14(23)11-3-5-13(17)6-4-11/h3-6,9-10,14,23H,8H2,1-2H3,(H2,19,20,21,24). The molecule has 0 saturated heterocycles. The van der Waals surface area contributed by atoms with E-state index in [0.29, 0.717) is 5.56 Å². The minimum Gasteiger partial charge on any atom is -0.387 e. The number of urea groups is 1. The van der Waals surface area contributed by atoms with Crippen LogP contribution in [-0.2, 0) is 0 Å². The molecule has 0 aliphatic rings. The van der Waals surface area contributed by atoms with Crippen molar-refractivity contribution in [2.24, 2.45) is 0 Å². The number of aliphatic hydroxyl groups excluding tert-OH is 1. The third-order valence-corrected chi connectivity index (χ3v) is 3.32. The van der Waals surface area contributed by atoms with Crippen LogP contribution in [0.3, 0.4) is 0 Å². The van der Waals surface area contributed by atoms with E-state index in [-0.39, 0.29) is 24.0 Å². The van der Waals surface area contributed by atoms with Crippen molar-refractivity contribution in [2.75, 3.05) is 11.9 Å². The molecule has 8 heteroatoms. The number of rotatable bonds is 5. The van der Waals surface area contributed by atoms with Crippen LogP contribution in [0.15, 0.2) is 30.5 Å². The Morgan fingerprint density at radius 2 is 2.08 bits per heavy atom. The minimum atomic E-state index is -0.972. The predicted molar refractivity (Wildman–Crippen MR) is 85.7 cm³/mol. The maximum Gasteiger partial charge on any atom is 0.320 e. The molecule has 0 spiro atoms. The number of nitriles is 1. The Labute approximate surface area is 138 Å². The van der Waals surface area contributed by atoms with E-state index in [2.05, 4.69) is 15.7 Å². The van der Waals surface area contributed by atoms with Gasteiger partial charge in [-0.05, 0) is 31.5 Å². The molecule has 1 atom stereocenters. The van der Waals surface area contributed by atoms with Crippen molar-refractivity contribution in [1.82, 2.24) is 15.1 Å². The number of nitrogens with zero attached hydrogens (tertiary/aromatic N) is 3. The Kier molecular flexibility index (Phi) is 5.50. The Morgan fingerprint density at radius 3 is 2.67 bits per heavy atom. The molecule has 1 heterocycles. The number of carbonyl (C=O) groups is 1. The number of benzene rings is 1. The van der Waals surface area contributed by atoms with Crippen LogP contribution in [0.1, 0.15) is 37.1 Å². The minimum absolute atomic E-state index is 0.0519. The second-order valence-corrected chi connectivity index (χ2v) is 5.48. The third kappa shape index (κ3) is 4.30. The highest BCUT2D eigenvalue weighted by Crippen LogP contribution is 2.15. The molecule has 24 heavy (non-hydrogen) atoms. The Bertz CT molecular complexity index is 749. The van der Waals surface area contributed by atoms with Crippen LogP contribution in [0.2, 0.25) is 0 Å². The van der Waals surface area contributed by atoms with Crippen LogP contribution in [0, 0.1) is 17.1 Å². The molecule has 3 N–H and O–H groups in total. The number of amides is 2. The topological polar surface area (TPSA) is 103 Å². The van der Waals surface area contributed by atoms with Crippen molar-refractivity contribution in [1.29, 1.82) is 5.26 Å². The molecule has 1 unspecified atom stereocenters. The molecule has 0 bridgehead atoms. The first-order valence-electron chi connectivity index (χ1n) is 7.38. The number of anilines is 1. The zero-order valence-electron chi connectivity index (χ0n) is 13.3. The summed E-state index contributed by atoms with van der Waals surface area (Å²) in [6, 6.07) is 6.77. The van der Waals surface area contributed by atoms with E-state index in [1.165, 1.54) is 24.3 Å². The summed E-state index contributed by atoms with van der Waals surface area (Å²) in [4.78, 5) is 11.9. The highest BCUT2D eigenvalue weighted by atomic mass is 19.1. The molecule has 0 fully saturated rings. The Hall–Kier alpha value is -2.92. The highest BCUT2D eigenvalue weighted by Gasteiger charge is 2.14. The number of nitrogens with one attached hydrogen (secondary N) is 2. The first kappa shape index (κ1) is 17.4. The SMILES string of the molecule is CC(C)n1cc(C#N)c(NC(=O)NCC(O)c2ccc(F)cc2)n1. The second-order valence-electron chi connectivity index (χ2n) is 5.48. The van der Waals surface area contributed by atoms with Crippen molar-refractivity contribution >= 4 is 11.8 Å². The van der Waals surface area contributed by atoms with Gasteiger partial charge in [0.2, 0.25) is 0 Å². The van der Waals surface area contributed by atoms with E-state index in [1.807, 2.05) is 19.9 Å². The van der Waals surface area contributed by atoms with Gasteiger partial charge in [-0.1, -0.05) is 12.1 Å². The molecule has 0 aliphatic heterocycles. The van der Waals surface area contributed by atoms with E-state index < -0.39 is 18.0 Å². The molecule has 0 saturated carbocycles. The fraction of sp³-hybridized carbons (Fsp3) is 0.312. The number of aromatic nitrogens is 2. The smallest absolute Gasteiger partial charge is 0.320 e. The molecule has 7 nitrogen and oxygen atoms in total. The maximum atomic E-state index is 12.8. The molecule has 1 aromatic heterocycles. The van der Waals surface area contributed by atoms with Gasteiger partial charge in [-0.3, -0.25) is 10.00 Å². The van der Waals surface area contributed by atoms with E-state index in [9.17, 15) is 14.3 Å². The summed E-state index contributed by atoms with van der Waals surface area (Å²) in [5.41, 5.74) is 0.733. The van der Waals surface area contributed by atoms with Crippen molar-refractivity contribution in [3.63, 3.8) is 0 Å². The van der Waals surface area contributed by atoms with Crippen molar-refractivity contribution in [2.45, 2.75) is 26.0 Å². The van der Waals surface area contributed by atoms with Gasteiger partial charge in [0, 0.05) is 18.8 Å². The fourth-order valence-corrected chi connectivity index (χ4v) is 1.97. The first-order chi connectivity index (χ1) is 11.4. The normalized spacial score (nSPS) is 11.8. The van der Waals surface area contributed by atoms with Crippen molar-refractivity contribution in [3.8, 4) is 6.07 Å². The monoisotopic (exact) mass is 331 g/mol. The summed E-state index contributed by atoms with van der Waals surface area (Å²) in [5.74, 6) is -0.249. The molecular formula is C16H18FN5O2. The van der Waals surface area contributed by atoms with E-state index in [4.69, 9.17) is 5.26 Å². The molecule has 2 aromatic rings. The number of hydrogen-bond acceptors (Lipinski definition) is 4. The van der Waals surface area contributed by atoms with E-state index in [0.717, 1.165) is 0 Å². The van der Waals surface area contributed by atoms with Gasteiger partial charge in [0.1, 0.15) is 17.4 Å². The summed E-state index contributed by atoms with van der Waals surface area (Å²) in [7, 11) is 0. The zero-order chi connectivity index (χ0) is 17.7. The quantitative estimate of drug-likeness (QED) is 0.782. The van der Waals surface area contributed by atoms with Crippen LogP contribution in [0.25, 0.3) is 0 Å². The van der Waals surface area contributed by atoms with Crippen molar-refractivity contribution < 1.29 is 14.3 Å². The molecular weight excluding hydrogens is 313 g/mol. The molecule has 0 radical (unpaired) electrons. The first-order valence-corrected chi connectivity index (χ1v) is 7.38. The lowest BCUT2D eigenvalue weighted by Crippen LogP contribution is -2.32. The van der Waals surface area contributed by atoms with Gasteiger partial charge in [0.15, 0.2) is 5.82 Å². The van der Waals surface area contributed by atoms with Gasteiger partial charge >= 0.3 is 6.03 Å². The summed E-state index contributed by atoms with van der Waals surface area (Å²) >= 11 is 0. The van der Waals surface area contributed by atoms with Crippen LogP contribution >= 0.6 is 0 Å². The molecule has 0 aliphatic carbocycles. The second kappa shape index (κ2) is 7.57. The fourth-order valence-electron chi connectivity index (χ4n) is 1.97. The Balaban J connectivity index is 1.94. The molecule has 126 valence electrons. The average Bonchev–Trinajstić information content (AvgIpc) is 2.96. The number of carbonyl (C=O) groups excluding carboxylic acids is 1. The van der Waals surface area contributed by atoms with Gasteiger partial charge in [0.05, 0.1) is 6.10 Å². The van der Waals surface area contributed by atoms with E-state index in [1.54, 1.807) is 10.9 Å². The Morgan fingerprint density at radius 1 is 1.42 bits per heavy atom. The highest BCUT2D eigenvalue weighted by molar-refractivity contribution is 5.89. The zero-order valence-corrected chi connectivity index (χ0v) is 13.3. The molecule has 1 aromatic carbocycles. The summed E-state index contributed by atoms with van der Waals surface area (Å²) in [6.07, 6.45) is 0.577. The van der Waals surface area contributed by atoms with Crippen LogP contribution < -0.4 is 10.6 Å². The number of hydrogen-bond donors (Lipinski definition) is 3. The van der Waals surface area contributed by atoms with Gasteiger partial charge in [-0.2, -0.15) is 10.4 Å². The lowest BCUT2D eigenvalue weighted by molar-refractivity contribution is 0.175. The lowest BCUT2D eigenvalue weighted by atomic mass is 10.1. The van der Waals surface area contributed by atoms with Crippen molar-refractivity contribution in [3.05, 3.63) is 47.4 Å². The largest absolute Gasteiger partial charge is 0.387 e. The lowest BCUT2D eigenvalue weighted by Gasteiger charge is -2.12. The van der Waals surface area contributed by atoms with Gasteiger partial charge < -0.3 is 10.4 Å². The predicted octanol–water partition coefficient (Wildman–Crippen LogP) is 2.33. The summed E-state index contributed by atoms with van der Waals surface area (Å²) in [5, 5.41) is 28.1. The van der Waals surface area contributed by atoms with Crippen LogP contribution in [0.4, 0.5) is 15.0 Å². The van der Waals surface area contributed by atoms with Gasteiger partial charge in [-0.25, -0.2) is 9.18 Å². The van der Waals surface area contributed by atoms with Gasteiger partial charge in [-0.15, -0.1) is 0 Å². The number of halogens is 1. The maximum absolute atomic E-state index is 12.8. The molecule has 2 amide bonds. The average molecular weight is 331 g/mol. The third-order valence-electron chi connectivity index (χ3n) is 3.32. The molecule has 2 rings (SSSR count). The van der Waals surface area contributed by atoms with Crippen LogP contribution in [0.5, 0.6) is 0 Å². The summed E-state index contributed by atoms with van der Waals surface area (Å²) < 4.78 is 14.4.